The largest absolute Gasteiger partial charge is 0.350 e. The highest BCUT2D eigenvalue weighted by Gasteiger charge is 2.38. The van der Waals surface area contributed by atoms with Crippen LogP contribution in [-0.2, 0) is 32.6 Å². The third-order valence-corrected chi connectivity index (χ3v) is 7.82. The first kappa shape index (κ1) is 21.5. The molecule has 7 nitrogen and oxygen atoms in total. The topological polar surface area (TPSA) is 86.8 Å². The highest BCUT2D eigenvalue weighted by molar-refractivity contribution is 7.89. The molecule has 4 rings (SSSR count). The third-order valence-electron chi connectivity index (χ3n) is 5.93. The number of nitrogens with zero attached hydrogens (tertiary/aromatic N) is 2. The summed E-state index contributed by atoms with van der Waals surface area (Å²) in [5, 5.41) is 2.92. The number of aryl methyl sites for hydroxylation is 1. The molecule has 1 fully saturated rings. The molecule has 0 aliphatic carbocycles. The van der Waals surface area contributed by atoms with Crippen LogP contribution < -0.4 is 10.2 Å². The van der Waals surface area contributed by atoms with Crippen molar-refractivity contribution in [3.05, 3.63) is 59.2 Å². The molecule has 2 aromatic carbocycles. The van der Waals surface area contributed by atoms with E-state index in [0.29, 0.717) is 30.9 Å². The van der Waals surface area contributed by atoms with Crippen molar-refractivity contribution in [1.29, 1.82) is 0 Å². The van der Waals surface area contributed by atoms with Gasteiger partial charge >= 0.3 is 0 Å². The molecule has 0 bridgehead atoms. The van der Waals surface area contributed by atoms with Gasteiger partial charge in [0, 0.05) is 38.7 Å². The predicted molar refractivity (Wildman–Crippen MR) is 118 cm³/mol. The molecule has 0 saturated carbocycles. The van der Waals surface area contributed by atoms with Gasteiger partial charge in [0.1, 0.15) is 6.04 Å². The second kappa shape index (κ2) is 8.43. The minimum absolute atomic E-state index is 0.220. The van der Waals surface area contributed by atoms with Crippen LogP contribution in [0.3, 0.4) is 0 Å². The summed E-state index contributed by atoms with van der Waals surface area (Å²) in [4.78, 5) is 27.0. The normalized spacial score (nSPS) is 18.8. The number of rotatable bonds is 5. The van der Waals surface area contributed by atoms with Gasteiger partial charge in [-0.05, 0) is 49.1 Å². The van der Waals surface area contributed by atoms with E-state index in [1.54, 1.807) is 12.1 Å². The number of hydrogen-bond acceptors (Lipinski definition) is 4. The van der Waals surface area contributed by atoms with Gasteiger partial charge < -0.3 is 5.32 Å². The van der Waals surface area contributed by atoms with Crippen molar-refractivity contribution in [1.82, 2.24) is 9.62 Å². The Labute approximate surface area is 183 Å². The average molecular weight is 442 g/mol. The summed E-state index contributed by atoms with van der Waals surface area (Å²) < 4.78 is 27.3. The molecule has 1 atom stereocenters. The molecule has 1 N–H and O–H groups in total. The number of carbonyl (C=O) groups is 2. The smallest absolute Gasteiger partial charge is 0.243 e. The molecule has 164 valence electrons. The summed E-state index contributed by atoms with van der Waals surface area (Å²) in [6.07, 6.45) is 2.02. The van der Waals surface area contributed by atoms with E-state index >= 15 is 0 Å². The fourth-order valence-electron chi connectivity index (χ4n) is 4.39. The summed E-state index contributed by atoms with van der Waals surface area (Å²) >= 11 is 0. The summed E-state index contributed by atoms with van der Waals surface area (Å²) in [5.41, 5.74) is 3.39. The maximum Gasteiger partial charge on any atom is 0.243 e. The standard InChI is InChI=1S/C23H27N3O4S/c1-16-6-5-7-18(12-16)15-24-23(28)22-14-19-13-20(8-9-21(19)26(22)17(2)27)31(29,30)25-10-3-4-11-25/h5-9,12-13,22H,3-4,10-11,14-15H2,1-2H3,(H,24,28)/t22-/m1/s1. The fourth-order valence-corrected chi connectivity index (χ4v) is 5.96. The lowest BCUT2D eigenvalue weighted by Crippen LogP contribution is -2.47. The molecule has 2 heterocycles. The van der Waals surface area contributed by atoms with Gasteiger partial charge in [0.15, 0.2) is 0 Å². The van der Waals surface area contributed by atoms with E-state index in [9.17, 15) is 18.0 Å². The number of fused-ring (bicyclic) bond motifs is 1. The van der Waals surface area contributed by atoms with Gasteiger partial charge in [-0.2, -0.15) is 4.31 Å². The Morgan fingerprint density at radius 1 is 1.10 bits per heavy atom. The van der Waals surface area contributed by atoms with E-state index in [2.05, 4.69) is 5.32 Å². The Morgan fingerprint density at radius 2 is 1.84 bits per heavy atom. The summed E-state index contributed by atoms with van der Waals surface area (Å²) in [6, 6.07) is 12.0. The first-order valence-electron chi connectivity index (χ1n) is 10.5. The van der Waals surface area contributed by atoms with E-state index in [1.807, 2.05) is 31.2 Å². The van der Waals surface area contributed by atoms with Gasteiger partial charge in [-0.1, -0.05) is 29.8 Å². The molecule has 0 unspecified atom stereocenters. The molecule has 1 saturated heterocycles. The van der Waals surface area contributed by atoms with Gasteiger partial charge in [-0.15, -0.1) is 0 Å². The van der Waals surface area contributed by atoms with Crippen molar-refractivity contribution in [2.75, 3.05) is 18.0 Å². The first-order valence-corrected chi connectivity index (χ1v) is 12.0. The van der Waals surface area contributed by atoms with E-state index in [1.165, 1.54) is 22.2 Å². The van der Waals surface area contributed by atoms with Gasteiger partial charge in [-0.25, -0.2) is 8.42 Å². The van der Waals surface area contributed by atoms with Crippen molar-refractivity contribution in [2.45, 2.75) is 50.6 Å². The monoisotopic (exact) mass is 441 g/mol. The molecule has 2 aromatic rings. The van der Waals surface area contributed by atoms with Crippen LogP contribution in [0.25, 0.3) is 0 Å². The van der Waals surface area contributed by atoms with Crippen LogP contribution in [0, 0.1) is 6.92 Å². The quantitative estimate of drug-likeness (QED) is 0.772. The Balaban J connectivity index is 1.55. The van der Waals surface area contributed by atoms with E-state index in [0.717, 1.165) is 24.0 Å². The second-order valence-electron chi connectivity index (χ2n) is 8.22. The summed E-state index contributed by atoms with van der Waals surface area (Å²) in [5.74, 6) is -0.499. The highest BCUT2D eigenvalue weighted by atomic mass is 32.2. The molecule has 2 amide bonds. The van der Waals surface area contributed by atoms with E-state index < -0.39 is 16.1 Å². The van der Waals surface area contributed by atoms with Crippen molar-refractivity contribution >= 4 is 27.5 Å². The second-order valence-corrected chi connectivity index (χ2v) is 10.2. The number of nitrogens with one attached hydrogen (secondary N) is 1. The van der Waals surface area contributed by atoms with Gasteiger partial charge in [0.05, 0.1) is 4.90 Å². The van der Waals surface area contributed by atoms with Crippen LogP contribution >= 0.6 is 0 Å². The maximum absolute atomic E-state index is 12.9. The number of amides is 2. The molecule has 2 aliphatic heterocycles. The number of sulfonamides is 1. The SMILES string of the molecule is CC(=O)N1c2ccc(S(=O)(=O)N3CCCC3)cc2C[C@@H]1C(=O)NCc1cccc(C)c1. The fraction of sp³-hybridized carbons (Fsp3) is 0.391. The number of benzene rings is 2. The molecule has 8 heteroatoms. The Hall–Kier alpha value is -2.71. The summed E-state index contributed by atoms with van der Waals surface area (Å²) in [7, 11) is -3.56. The molecule has 0 radical (unpaired) electrons. The van der Waals surface area contributed by atoms with Gasteiger partial charge in [0.2, 0.25) is 21.8 Å². The lowest BCUT2D eigenvalue weighted by atomic mass is 10.1. The minimum Gasteiger partial charge on any atom is -0.350 e. The predicted octanol–water partition coefficient (Wildman–Crippen LogP) is 2.37. The van der Waals surface area contributed by atoms with Gasteiger partial charge in [-0.3, -0.25) is 14.5 Å². The Morgan fingerprint density at radius 3 is 2.52 bits per heavy atom. The van der Waals surface area contributed by atoms with Crippen molar-refractivity contribution in [3.8, 4) is 0 Å². The van der Waals surface area contributed by atoms with E-state index in [-0.39, 0.29) is 23.1 Å². The zero-order chi connectivity index (χ0) is 22.2. The highest BCUT2D eigenvalue weighted by Crippen LogP contribution is 2.35. The van der Waals surface area contributed by atoms with Crippen molar-refractivity contribution in [2.24, 2.45) is 0 Å². The molecule has 2 aliphatic rings. The van der Waals surface area contributed by atoms with Crippen LogP contribution in [0.1, 0.15) is 36.5 Å². The maximum atomic E-state index is 12.9. The van der Waals surface area contributed by atoms with Crippen LogP contribution in [-0.4, -0.2) is 43.7 Å². The number of anilines is 1. The van der Waals surface area contributed by atoms with Crippen LogP contribution in [0.2, 0.25) is 0 Å². The van der Waals surface area contributed by atoms with Crippen LogP contribution in [0.4, 0.5) is 5.69 Å². The van der Waals surface area contributed by atoms with E-state index in [4.69, 9.17) is 0 Å². The average Bonchev–Trinajstić information content (AvgIpc) is 3.40. The lowest BCUT2D eigenvalue weighted by Gasteiger charge is -2.23. The summed E-state index contributed by atoms with van der Waals surface area (Å²) in [6.45, 7) is 4.84. The zero-order valence-electron chi connectivity index (χ0n) is 17.8. The molecule has 0 aromatic heterocycles. The molecule has 0 spiro atoms. The Kier molecular flexibility index (Phi) is 5.85. The molecular weight excluding hydrogens is 414 g/mol. The Bertz CT molecular complexity index is 1120. The van der Waals surface area contributed by atoms with Gasteiger partial charge in [0.25, 0.3) is 0 Å². The van der Waals surface area contributed by atoms with Crippen LogP contribution in [0.15, 0.2) is 47.4 Å². The lowest BCUT2D eigenvalue weighted by molar-refractivity contribution is -0.125. The van der Waals surface area contributed by atoms with Crippen molar-refractivity contribution < 1.29 is 18.0 Å². The molecule has 31 heavy (non-hydrogen) atoms. The zero-order valence-corrected chi connectivity index (χ0v) is 18.6. The first-order chi connectivity index (χ1) is 14.8. The third kappa shape index (κ3) is 4.22. The molecular formula is C23H27N3O4S. The number of carbonyl (C=O) groups excluding carboxylic acids is 2. The minimum atomic E-state index is -3.56. The van der Waals surface area contributed by atoms with Crippen molar-refractivity contribution in [3.63, 3.8) is 0 Å². The number of hydrogen-bond donors (Lipinski definition) is 1. The van der Waals surface area contributed by atoms with Crippen LogP contribution in [0.5, 0.6) is 0 Å².